The smallest absolute Gasteiger partial charge is 0.0600 e. The lowest BCUT2D eigenvalue weighted by molar-refractivity contribution is 0.326. The molecule has 0 spiro atoms. The van der Waals surface area contributed by atoms with Crippen molar-refractivity contribution >= 4 is 11.4 Å². The maximum absolute atomic E-state index is 4.31. The number of hydrogen-bond donors (Lipinski definition) is 1. The highest BCUT2D eigenvalue weighted by Gasteiger charge is 2.28. The molecule has 0 aliphatic heterocycles. The van der Waals surface area contributed by atoms with Gasteiger partial charge in [-0.1, -0.05) is 52.5 Å². The van der Waals surface area contributed by atoms with Crippen molar-refractivity contribution in [2.45, 2.75) is 53.4 Å². The van der Waals surface area contributed by atoms with Gasteiger partial charge in [0.05, 0.1) is 11.4 Å². The molecular formula is C20H32N2. The molecule has 1 aromatic carbocycles. The number of benzene rings is 1. The number of rotatable bonds is 7. The van der Waals surface area contributed by atoms with Crippen LogP contribution in [0.25, 0.3) is 0 Å². The summed E-state index contributed by atoms with van der Waals surface area (Å²) in [6, 6.07) is 8.69. The monoisotopic (exact) mass is 300 g/mol. The number of nitrogens with zero attached hydrogens (tertiary/aromatic N) is 1. The van der Waals surface area contributed by atoms with E-state index in [0.29, 0.717) is 5.92 Å². The molecule has 1 N–H and O–H groups in total. The minimum Gasteiger partial charge on any atom is -0.355 e. The van der Waals surface area contributed by atoms with E-state index in [4.69, 9.17) is 0 Å². The minimum atomic E-state index is 0. The number of allylic oxidation sites excluding steroid dienone is 2. The number of aliphatic imine (C=N–C) groups is 1. The first-order valence-corrected chi connectivity index (χ1v) is 8.07. The van der Waals surface area contributed by atoms with Crippen LogP contribution in [0, 0.1) is 5.92 Å². The molecule has 1 atom stereocenters. The third kappa shape index (κ3) is 4.33. The Morgan fingerprint density at radius 1 is 1.36 bits per heavy atom. The lowest BCUT2D eigenvalue weighted by Crippen LogP contribution is -2.27. The largest absolute Gasteiger partial charge is 0.355 e. The molecular weight excluding hydrogens is 268 g/mol. The van der Waals surface area contributed by atoms with E-state index in [1.807, 2.05) is 19.9 Å². The molecule has 0 fully saturated rings. The van der Waals surface area contributed by atoms with Gasteiger partial charge in [0.2, 0.25) is 0 Å². The van der Waals surface area contributed by atoms with Crippen LogP contribution in [0.3, 0.4) is 0 Å². The maximum atomic E-state index is 4.31. The van der Waals surface area contributed by atoms with Crippen LogP contribution in [0.5, 0.6) is 0 Å². The van der Waals surface area contributed by atoms with Gasteiger partial charge in [0.25, 0.3) is 0 Å². The molecule has 22 heavy (non-hydrogen) atoms. The molecule has 0 aliphatic rings. The summed E-state index contributed by atoms with van der Waals surface area (Å²) in [6.45, 7) is 17.1. The summed E-state index contributed by atoms with van der Waals surface area (Å²) in [4.78, 5) is 4.31. The van der Waals surface area contributed by atoms with Crippen molar-refractivity contribution in [3.8, 4) is 0 Å². The third-order valence-corrected chi connectivity index (χ3v) is 4.70. The molecule has 1 aromatic rings. The van der Waals surface area contributed by atoms with Crippen LogP contribution in [-0.4, -0.2) is 5.71 Å². The zero-order chi connectivity index (χ0) is 16.8. The lowest BCUT2D eigenvalue weighted by Gasteiger charge is -2.33. The number of anilines is 1. The average molecular weight is 300 g/mol. The van der Waals surface area contributed by atoms with Gasteiger partial charge >= 0.3 is 0 Å². The Morgan fingerprint density at radius 3 is 2.41 bits per heavy atom. The van der Waals surface area contributed by atoms with Crippen LogP contribution >= 0.6 is 0 Å². The second-order valence-electron chi connectivity index (χ2n) is 6.30. The fraction of sp³-hybridized carbons (Fsp3) is 0.450. The van der Waals surface area contributed by atoms with Gasteiger partial charge in [-0.05, 0) is 49.3 Å². The standard InChI is InChI=1S/C20H30N2.H2/c1-8-14-21-16(5)17(6)22-19-12-10-18(11-13-19)20(7,9-2)15(3)4;/h8,10-15,22H,6,9H2,1-5,7H3;1H/b14-8-,21-16?;. The van der Waals surface area contributed by atoms with E-state index in [0.717, 1.165) is 23.5 Å². The Morgan fingerprint density at radius 2 is 1.95 bits per heavy atom. The summed E-state index contributed by atoms with van der Waals surface area (Å²) in [5.41, 5.74) is 4.38. The fourth-order valence-corrected chi connectivity index (χ4v) is 2.41. The zero-order valence-corrected chi connectivity index (χ0v) is 14.9. The number of hydrogen-bond acceptors (Lipinski definition) is 2. The Bertz CT molecular complexity index is 556. The highest BCUT2D eigenvalue weighted by atomic mass is 14.9. The zero-order valence-electron chi connectivity index (χ0n) is 14.9. The molecule has 0 radical (unpaired) electrons. The van der Waals surface area contributed by atoms with Crippen LogP contribution in [0.4, 0.5) is 5.69 Å². The van der Waals surface area contributed by atoms with Gasteiger partial charge in [-0.25, -0.2) is 0 Å². The van der Waals surface area contributed by atoms with Crippen molar-refractivity contribution < 1.29 is 1.43 Å². The molecule has 2 heteroatoms. The summed E-state index contributed by atoms with van der Waals surface area (Å²) in [5, 5.41) is 3.32. The molecule has 0 bridgehead atoms. The van der Waals surface area contributed by atoms with Crippen LogP contribution in [0.15, 0.2) is 53.8 Å². The van der Waals surface area contributed by atoms with Crippen molar-refractivity contribution in [2.24, 2.45) is 10.9 Å². The van der Waals surface area contributed by atoms with Gasteiger partial charge in [0, 0.05) is 13.3 Å². The number of nitrogens with one attached hydrogen (secondary N) is 1. The molecule has 1 unspecified atom stereocenters. The first-order valence-electron chi connectivity index (χ1n) is 8.07. The van der Waals surface area contributed by atoms with E-state index in [9.17, 15) is 0 Å². The van der Waals surface area contributed by atoms with Crippen molar-refractivity contribution in [3.63, 3.8) is 0 Å². The third-order valence-electron chi connectivity index (χ3n) is 4.70. The van der Waals surface area contributed by atoms with E-state index in [1.165, 1.54) is 5.56 Å². The van der Waals surface area contributed by atoms with Gasteiger partial charge in [-0.15, -0.1) is 0 Å². The van der Waals surface area contributed by atoms with Crippen molar-refractivity contribution in [1.82, 2.24) is 0 Å². The quantitative estimate of drug-likeness (QED) is 0.598. The molecule has 1 rings (SSSR count). The Kier molecular flexibility index (Phi) is 6.61. The molecule has 0 amide bonds. The Balaban J connectivity index is 0.00000484. The highest BCUT2D eigenvalue weighted by molar-refractivity contribution is 6.00. The molecule has 0 saturated carbocycles. The summed E-state index contributed by atoms with van der Waals surface area (Å²) in [5.74, 6) is 0.612. The van der Waals surface area contributed by atoms with Crippen molar-refractivity contribution in [1.29, 1.82) is 0 Å². The van der Waals surface area contributed by atoms with Gasteiger partial charge in [-0.2, -0.15) is 0 Å². The summed E-state index contributed by atoms with van der Waals surface area (Å²) in [6.07, 6.45) is 4.82. The molecule has 2 nitrogen and oxygen atoms in total. The van der Waals surface area contributed by atoms with Gasteiger partial charge in [-0.3, -0.25) is 4.99 Å². The van der Waals surface area contributed by atoms with Gasteiger partial charge in [0.1, 0.15) is 0 Å². The lowest BCUT2D eigenvalue weighted by atomic mass is 9.71. The Hall–Kier alpha value is -1.83. The van der Waals surface area contributed by atoms with E-state index in [1.54, 1.807) is 6.20 Å². The highest BCUT2D eigenvalue weighted by Crippen LogP contribution is 2.35. The average Bonchev–Trinajstić information content (AvgIpc) is 2.52. The minimum absolute atomic E-state index is 0. The summed E-state index contributed by atoms with van der Waals surface area (Å²) in [7, 11) is 0. The summed E-state index contributed by atoms with van der Waals surface area (Å²) >= 11 is 0. The van der Waals surface area contributed by atoms with E-state index in [2.05, 4.69) is 68.8 Å². The molecule has 0 saturated heterocycles. The van der Waals surface area contributed by atoms with Crippen molar-refractivity contribution in [2.75, 3.05) is 5.32 Å². The van der Waals surface area contributed by atoms with E-state index < -0.39 is 0 Å². The van der Waals surface area contributed by atoms with Gasteiger partial charge < -0.3 is 5.32 Å². The first-order chi connectivity index (χ1) is 10.3. The second kappa shape index (κ2) is 7.98. The fourth-order valence-electron chi connectivity index (χ4n) is 2.41. The first kappa shape index (κ1) is 18.2. The van der Waals surface area contributed by atoms with E-state index >= 15 is 0 Å². The van der Waals surface area contributed by atoms with Crippen LogP contribution in [0.2, 0.25) is 0 Å². The van der Waals surface area contributed by atoms with Crippen molar-refractivity contribution in [3.05, 3.63) is 54.4 Å². The molecule has 0 heterocycles. The van der Waals surface area contributed by atoms with E-state index in [-0.39, 0.29) is 6.84 Å². The maximum Gasteiger partial charge on any atom is 0.0600 e. The van der Waals surface area contributed by atoms with Crippen LogP contribution in [-0.2, 0) is 5.41 Å². The van der Waals surface area contributed by atoms with Crippen LogP contribution in [0.1, 0.15) is 55.0 Å². The molecule has 0 aliphatic carbocycles. The summed E-state index contributed by atoms with van der Waals surface area (Å²) < 4.78 is 0. The Labute approximate surface area is 137 Å². The predicted molar refractivity (Wildman–Crippen MR) is 102 cm³/mol. The van der Waals surface area contributed by atoms with Crippen LogP contribution < -0.4 is 5.32 Å². The molecule has 122 valence electrons. The second-order valence-corrected chi connectivity index (χ2v) is 6.30. The molecule has 0 aromatic heterocycles. The van der Waals surface area contributed by atoms with Gasteiger partial charge in [0.15, 0.2) is 0 Å². The SMILES string of the molecule is C=C(Nc1ccc(C(C)(CC)C(C)C)cc1)C(C)=N/C=C\C.[HH]. The predicted octanol–water partition coefficient (Wildman–Crippen LogP) is 6.18. The topological polar surface area (TPSA) is 24.4 Å². The normalized spacial score (nSPS) is 15.1.